The van der Waals surface area contributed by atoms with E-state index in [0.717, 1.165) is 50.2 Å². The van der Waals surface area contributed by atoms with Crippen molar-refractivity contribution in [3.8, 4) is 0 Å². The molecule has 0 heterocycles. The highest BCUT2D eigenvalue weighted by molar-refractivity contribution is 5.47. The monoisotopic (exact) mass is 303 g/mol. The fourth-order valence-electron chi connectivity index (χ4n) is 3.00. The average molecular weight is 303 g/mol. The SMILES string of the molecule is CCC1CCCC(Nc2ccc(F)c(C(F)(F)F)c2)CC1. The molecule has 1 saturated carbocycles. The van der Waals surface area contributed by atoms with Gasteiger partial charge in [0.25, 0.3) is 0 Å². The van der Waals surface area contributed by atoms with Crippen LogP contribution < -0.4 is 5.32 Å². The Balaban J connectivity index is 2.06. The van der Waals surface area contributed by atoms with E-state index in [-0.39, 0.29) is 6.04 Å². The molecule has 1 nitrogen and oxygen atoms in total. The second-order valence-electron chi connectivity index (χ2n) is 5.82. The van der Waals surface area contributed by atoms with Crippen molar-refractivity contribution in [3.05, 3.63) is 29.6 Å². The summed E-state index contributed by atoms with van der Waals surface area (Å²) in [4.78, 5) is 0. The summed E-state index contributed by atoms with van der Waals surface area (Å²) < 4.78 is 51.4. The van der Waals surface area contributed by atoms with Crippen LogP contribution in [0.25, 0.3) is 0 Å². The zero-order valence-electron chi connectivity index (χ0n) is 12.1. The molecule has 1 N–H and O–H groups in total. The summed E-state index contributed by atoms with van der Waals surface area (Å²) in [7, 11) is 0. The Morgan fingerprint density at radius 2 is 1.90 bits per heavy atom. The van der Waals surface area contributed by atoms with Crippen LogP contribution in [0.5, 0.6) is 0 Å². The number of hydrogen-bond donors (Lipinski definition) is 1. The van der Waals surface area contributed by atoms with E-state index in [0.29, 0.717) is 5.69 Å². The van der Waals surface area contributed by atoms with Gasteiger partial charge in [-0.05, 0) is 43.4 Å². The second-order valence-corrected chi connectivity index (χ2v) is 5.82. The van der Waals surface area contributed by atoms with E-state index >= 15 is 0 Å². The Kier molecular flexibility index (Phi) is 5.12. The molecule has 0 bridgehead atoms. The summed E-state index contributed by atoms with van der Waals surface area (Å²) in [6, 6.07) is 3.31. The summed E-state index contributed by atoms with van der Waals surface area (Å²) in [6.07, 6.45) is 1.78. The normalized spacial score (nSPS) is 23.7. The van der Waals surface area contributed by atoms with Gasteiger partial charge in [0, 0.05) is 11.7 Å². The van der Waals surface area contributed by atoms with Crippen LogP contribution in [0.4, 0.5) is 23.2 Å². The van der Waals surface area contributed by atoms with Crippen LogP contribution in [0.2, 0.25) is 0 Å². The number of rotatable bonds is 3. The first-order valence-electron chi connectivity index (χ1n) is 7.53. The molecule has 1 aliphatic rings. The van der Waals surface area contributed by atoms with Crippen LogP contribution in [0.15, 0.2) is 18.2 Å². The molecule has 0 aliphatic heterocycles. The Labute approximate surface area is 122 Å². The lowest BCUT2D eigenvalue weighted by molar-refractivity contribution is -0.139. The molecule has 1 aromatic rings. The Hall–Kier alpha value is -1.26. The first-order chi connectivity index (χ1) is 9.90. The summed E-state index contributed by atoms with van der Waals surface area (Å²) >= 11 is 0. The van der Waals surface area contributed by atoms with Crippen LogP contribution in [-0.2, 0) is 6.18 Å². The molecule has 0 saturated heterocycles. The first kappa shape index (κ1) is 16.1. The third-order valence-electron chi connectivity index (χ3n) is 4.31. The topological polar surface area (TPSA) is 12.0 Å². The van der Waals surface area contributed by atoms with Crippen molar-refractivity contribution >= 4 is 5.69 Å². The molecule has 0 spiro atoms. The number of nitrogens with one attached hydrogen (secondary N) is 1. The molecule has 2 atom stereocenters. The van der Waals surface area contributed by atoms with E-state index in [1.807, 2.05) is 0 Å². The molecule has 2 unspecified atom stereocenters. The maximum absolute atomic E-state index is 13.3. The lowest BCUT2D eigenvalue weighted by Crippen LogP contribution is -2.19. The molecule has 1 aliphatic carbocycles. The minimum Gasteiger partial charge on any atom is -0.382 e. The van der Waals surface area contributed by atoms with Crippen LogP contribution in [0.3, 0.4) is 0 Å². The third-order valence-corrected chi connectivity index (χ3v) is 4.31. The fraction of sp³-hybridized carbons (Fsp3) is 0.625. The predicted molar refractivity (Wildman–Crippen MR) is 75.7 cm³/mol. The molecule has 5 heteroatoms. The fourth-order valence-corrected chi connectivity index (χ4v) is 3.00. The van der Waals surface area contributed by atoms with Crippen molar-refractivity contribution in [3.63, 3.8) is 0 Å². The van der Waals surface area contributed by atoms with Gasteiger partial charge in [-0.15, -0.1) is 0 Å². The van der Waals surface area contributed by atoms with Crippen molar-refractivity contribution < 1.29 is 17.6 Å². The molecule has 0 radical (unpaired) electrons. The number of alkyl halides is 3. The summed E-state index contributed by atoms with van der Waals surface area (Å²) in [5, 5.41) is 3.14. The van der Waals surface area contributed by atoms with Gasteiger partial charge in [0.2, 0.25) is 0 Å². The van der Waals surface area contributed by atoms with Gasteiger partial charge in [0.15, 0.2) is 0 Å². The predicted octanol–water partition coefficient (Wildman–Crippen LogP) is 5.62. The zero-order chi connectivity index (χ0) is 15.5. The number of halogens is 4. The van der Waals surface area contributed by atoms with Gasteiger partial charge >= 0.3 is 6.18 Å². The van der Waals surface area contributed by atoms with Gasteiger partial charge in [-0.25, -0.2) is 4.39 Å². The average Bonchev–Trinajstić information content (AvgIpc) is 2.65. The van der Waals surface area contributed by atoms with Crippen LogP contribution >= 0.6 is 0 Å². The minimum atomic E-state index is -4.65. The van der Waals surface area contributed by atoms with Crippen LogP contribution in [-0.4, -0.2) is 6.04 Å². The number of benzene rings is 1. The zero-order valence-corrected chi connectivity index (χ0v) is 12.1. The van der Waals surface area contributed by atoms with E-state index in [2.05, 4.69) is 12.2 Å². The van der Waals surface area contributed by atoms with Crippen molar-refractivity contribution in [1.29, 1.82) is 0 Å². The van der Waals surface area contributed by atoms with E-state index in [4.69, 9.17) is 0 Å². The van der Waals surface area contributed by atoms with Crippen molar-refractivity contribution in [2.45, 2.75) is 57.7 Å². The molecule has 0 amide bonds. The summed E-state index contributed by atoms with van der Waals surface area (Å²) in [6.45, 7) is 2.17. The summed E-state index contributed by atoms with van der Waals surface area (Å²) in [5.74, 6) is -0.504. The number of hydrogen-bond acceptors (Lipinski definition) is 1. The van der Waals surface area contributed by atoms with Gasteiger partial charge in [0.05, 0.1) is 5.56 Å². The smallest absolute Gasteiger partial charge is 0.382 e. The third kappa shape index (κ3) is 4.35. The maximum Gasteiger partial charge on any atom is 0.419 e. The molecule has 0 aromatic heterocycles. The second kappa shape index (κ2) is 6.67. The molecular weight excluding hydrogens is 282 g/mol. The lowest BCUT2D eigenvalue weighted by Gasteiger charge is -2.19. The van der Waals surface area contributed by atoms with Crippen molar-refractivity contribution in [1.82, 2.24) is 0 Å². The lowest BCUT2D eigenvalue weighted by atomic mass is 9.98. The van der Waals surface area contributed by atoms with Gasteiger partial charge in [-0.1, -0.05) is 26.2 Å². The van der Waals surface area contributed by atoms with E-state index < -0.39 is 17.6 Å². The van der Waals surface area contributed by atoms with Crippen molar-refractivity contribution in [2.24, 2.45) is 5.92 Å². The number of anilines is 1. The maximum atomic E-state index is 13.3. The minimum absolute atomic E-state index is 0.174. The first-order valence-corrected chi connectivity index (χ1v) is 7.53. The standard InChI is InChI=1S/C16H21F4N/c1-2-11-4-3-5-12(7-6-11)21-13-8-9-15(17)14(10-13)16(18,19)20/h8-12,21H,2-7H2,1H3. The largest absolute Gasteiger partial charge is 0.419 e. The van der Waals surface area contributed by atoms with E-state index in [1.54, 1.807) is 0 Å². The highest BCUT2D eigenvalue weighted by Crippen LogP contribution is 2.34. The Morgan fingerprint density at radius 3 is 2.57 bits per heavy atom. The molecular formula is C16H21F4N. The summed E-state index contributed by atoms with van der Waals surface area (Å²) in [5.41, 5.74) is -0.851. The van der Waals surface area contributed by atoms with Gasteiger partial charge in [0.1, 0.15) is 5.82 Å². The molecule has 2 rings (SSSR count). The molecule has 1 fully saturated rings. The molecule has 21 heavy (non-hydrogen) atoms. The van der Waals surface area contributed by atoms with Crippen LogP contribution in [0, 0.1) is 11.7 Å². The Morgan fingerprint density at radius 1 is 1.14 bits per heavy atom. The van der Waals surface area contributed by atoms with Crippen molar-refractivity contribution in [2.75, 3.05) is 5.32 Å². The van der Waals surface area contributed by atoms with Gasteiger partial charge in [-0.2, -0.15) is 13.2 Å². The van der Waals surface area contributed by atoms with E-state index in [1.165, 1.54) is 12.5 Å². The van der Waals surface area contributed by atoms with Gasteiger partial charge in [-0.3, -0.25) is 0 Å². The molecule has 1 aromatic carbocycles. The highest BCUT2D eigenvalue weighted by atomic mass is 19.4. The van der Waals surface area contributed by atoms with Gasteiger partial charge < -0.3 is 5.32 Å². The quantitative estimate of drug-likeness (QED) is 0.565. The van der Waals surface area contributed by atoms with E-state index in [9.17, 15) is 17.6 Å². The highest BCUT2D eigenvalue weighted by Gasteiger charge is 2.34. The van der Waals surface area contributed by atoms with Crippen LogP contribution in [0.1, 0.15) is 51.0 Å². The molecule has 118 valence electrons. The Bertz CT molecular complexity index is 470.